The normalized spacial score (nSPS) is 12.0. The fourth-order valence-corrected chi connectivity index (χ4v) is 4.58. The van der Waals surface area contributed by atoms with Gasteiger partial charge < -0.3 is 35.0 Å². The number of unbranched alkanes of at least 4 members (excludes halogenated alkanes) is 1. The van der Waals surface area contributed by atoms with Gasteiger partial charge in [0.05, 0.1) is 23.8 Å². The molecule has 0 bridgehead atoms. The number of rotatable bonds is 11. The van der Waals surface area contributed by atoms with E-state index in [4.69, 9.17) is 4.74 Å². The Kier molecular flexibility index (Phi) is 8.43. The lowest BCUT2D eigenvalue weighted by Crippen LogP contribution is -2.21. The minimum atomic E-state index is -0.979. The van der Waals surface area contributed by atoms with E-state index in [-0.39, 0.29) is 36.8 Å². The van der Waals surface area contributed by atoms with E-state index in [2.05, 4.69) is 12.2 Å². The number of aliphatic hydroxyl groups excluding tert-OH is 1. The largest absolute Gasteiger partial charge is 0.508 e. The molecule has 0 aliphatic rings. The highest BCUT2D eigenvalue weighted by molar-refractivity contribution is 5.90. The molecule has 5 N–H and O–H groups in total. The van der Waals surface area contributed by atoms with Crippen LogP contribution in [0.2, 0.25) is 0 Å². The Morgan fingerprint density at radius 3 is 2.53 bits per heavy atom. The molecule has 3 aromatic carbocycles. The number of fused-ring (bicyclic) bond motifs is 1. The lowest BCUT2D eigenvalue weighted by molar-refractivity contribution is 0.0259. The zero-order valence-corrected chi connectivity index (χ0v) is 21.6. The molecule has 1 atom stereocenters. The zero-order chi connectivity index (χ0) is 27.2. The van der Waals surface area contributed by atoms with Crippen LogP contribution in [0.3, 0.4) is 0 Å². The number of anilines is 1. The maximum Gasteiger partial charge on any atom is 0.338 e. The summed E-state index contributed by atoms with van der Waals surface area (Å²) in [7, 11) is 1.76. The molecule has 4 rings (SSSR count). The van der Waals surface area contributed by atoms with E-state index < -0.39 is 12.1 Å². The Hall–Kier alpha value is -4.17. The number of carbonyl (C=O) groups is 1. The lowest BCUT2D eigenvalue weighted by atomic mass is 10.0. The van der Waals surface area contributed by atoms with Gasteiger partial charge in [-0.3, -0.25) is 0 Å². The minimum Gasteiger partial charge on any atom is -0.508 e. The number of aliphatic hydroxyl groups is 1. The first kappa shape index (κ1) is 26.9. The van der Waals surface area contributed by atoms with Gasteiger partial charge >= 0.3 is 5.97 Å². The van der Waals surface area contributed by atoms with Crippen LogP contribution in [0.4, 0.5) is 5.69 Å². The molecule has 0 amide bonds. The standard InChI is InChI=1S/C30H34N2O6/c1-3-4-6-19-11-28(35)26(29(36)12-19)17-32-16-21(25-15-23(33)9-10-27(25)32)14-24(34)18-38-30(37)20-7-5-8-22(13-20)31-2/h5,7-13,15-16,24,31,33-36H,3-4,6,14,17-18H2,1-2H3/t24-/m0/s1. The van der Waals surface area contributed by atoms with E-state index in [1.54, 1.807) is 55.6 Å². The Labute approximate surface area is 221 Å². The van der Waals surface area contributed by atoms with E-state index >= 15 is 0 Å². The van der Waals surface area contributed by atoms with Crippen molar-refractivity contribution in [1.82, 2.24) is 4.57 Å². The molecule has 0 aliphatic heterocycles. The fraction of sp³-hybridized carbons (Fsp3) is 0.300. The van der Waals surface area contributed by atoms with Gasteiger partial charge in [0.15, 0.2) is 0 Å². The number of aromatic nitrogens is 1. The predicted octanol–water partition coefficient (Wildman–Crippen LogP) is 4.95. The van der Waals surface area contributed by atoms with E-state index in [0.29, 0.717) is 11.1 Å². The molecule has 0 aliphatic carbocycles. The predicted molar refractivity (Wildman–Crippen MR) is 147 cm³/mol. The third-order valence-corrected chi connectivity index (χ3v) is 6.61. The van der Waals surface area contributed by atoms with Crippen LogP contribution in [0.5, 0.6) is 17.2 Å². The Bertz CT molecular complexity index is 1400. The van der Waals surface area contributed by atoms with Crippen molar-refractivity contribution in [3.8, 4) is 17.2 Å². The molecule has 8 nitrogen and oxygen atoms in total. The highest BCUT2D eigenvalue weighted by Crippen LogP contribution is 2.33. The second kappa shape index (κ2) is 11.9. The van der Waals surface area contributed by atoms with Gasteiger partial charge in [-0.2, -0.15) is 0 Å². The summed E-state index contributed by atoms with van der Waals surface area (Å²) in [5.74, 6) is -0.414. The van der Waals surface area contributed by atoms with Gasteiger partial charge in [-0.1, -0.05) is 19.4 Å². The molecule has 0 unspecified atom stereocenters. The Morgan fingerprint density at radius 2 is 1.82 bits per heavy atom. The van der Waals surface area contributed by atoms with Crippen LogP contribution in [0.1, 0.15) is 46.8 Å². The fourth-order valence-electron chi connectivity index (χ4n) is 4.58. The summed E-state index contributed by atoms with van der Waals surface area (Å²) in [6.45, 7) is 2.08. The van der Waals surface area contributed by atoms with Crippen LogP contribution in [0.25, 0.3) is 10.9 Å². The number of hydrogen-bond acceptors (Lipinski definition) is 7. The quantitative estimate of drug-likeness (QED) is 0.178. The molecule has 0 radical (unpaired) electrons. The summed E-state index contributed by atoms with van der Waals surface area (Å²) in [5.41, 5.74) is 3.92. The Balaban J connectivity index is 1.52. The number of esters is 1. The summed E-state index contributed by atoms with van der Waals surface area (Å²) in [6.07, 6.45) is 3.76. The summed E-state index contributed by atoms with van der Waals surface area (Å²) >= 11 is 0. The number of hydrogen-bond donors (Lipinski definition) is 5. The summed E-state index contributed by atoms with van der Waals surface area (Å²) in [5, 5.41) is 45.7. The number of phenols is 3. The number of nitrogens with zero attached hydrogens (tertiary/aromatic N) is 1. The lowest BCUT2D eigenvalue weighted by Gasteiger charge is -2.12. The topological polar surface area (TPSA) is 124 Å². The average Bonchev–Trinajstić information content (AvgIpc) is 3.23. The average molecular weight is 519 g/mol. The SMILES string of the molecule is CCCCc1cc(O)c(Cn2cc(C[C@H](O)COC(=O)c3cccc(NC)c3)c3cc(O)ccc32)c(O)c1. The molecule has 0 saturated carbocycles. The number of phenolic OH excluding ortho intramolecular Hbond substituents is 3. The van der Waals surface area contributed by atoms with Crippen molar-refractivity contribution in [3.63, 3.8) is 0 Å². The van der Waals surface area contributed by atoms with E-state index in [1.165, 1.54) is 0 Å². The van der Waals surface area contributed by atoms with Crippen molar-refractivity contribution < 1.29 is 30.0 Å². The van der Waals surface area contributed by atoms with Crippen molar-refractivity contribution in [2.75, 3.05) is 19.0 Å². The van der Waals surface area contributed by atoms with Crippen LogP contribution >= 0.6 is 0 Å². The molecule has 200 valence electrons. The number of nitrogens with one attached hydrogen (secondary N) is 1. The summed E-state index contributed by atoms with van der Waals surface area (Å²) in [6, 6.07) is 15.2. The smallest absolute Gasteiger partial charge is 0.338 e. The van der Waals surface area contributed by atoms with E-state index in [1.807, 2.05) is 16.8 Å². The van der Waals surface area contributed by atoms with Gasteiger partial charge in [0.25, 0.3) is 0 Å². The molecule has 0 saturated heterocycles. The van der Waals surface area contributed by atoms with Gasteiger partial charge in [0.2, 0.25) is 0 Å². The zero-order valence-electron chi connectivity index (χ0n) is 21.6. The van der Waals surface area contributed by atoms with Crippen LogP contribution in [0, 0.1) is 0 Å². The van der Waals surface area contributed by atoms with E-state index in [9.17, 15) is 25.2 Å². The molecular weight excluding hydrogens is 484 g/mol. The van der Waals surface area contributed by atoms with Crippen molar-refractivity contribution in [3.05, 3.63) is 83.0 Å². The molecule has 1 heterocycles. The van der Waals surface area contributed by atoms with Crippen LogP contribution < -0.4 is 5.32 Å². The first-order valence-corrected chi connectivity index (χ1v) is 12.8. The van der Waals surface area contributed by atoms with Crippen molar-refractivity contribution in [1.29, 1.82) is 0 Å². The maximum atomic E-state index is 12.4. The number of carbonyl (C=O) groups excluding carboxylic acids is 1. The minimum absolute atomic E-state index is 0.0209. The number of aryl methyl sites for hydroxylation is 1. The van der Waals surface area contributed by atoms with Crippen LogP contribution in [0.15, 0.2) is 60.8 Å². The third kappa shape index (κ3) is 6.20. The second-order valence-corrected chi connectivity index (χ2v) is 9.49. The first-order valence-electron chi connectivity index (χ1n) is 12.8. The molecule has 38 heavy (non-hydrogen) atoms. The van der Waals surface area contributed by atoms with Gasteiger partial charge in [-0.15, -0.1) is 0 Å². The number of ether oxygens (including phenoxy) is 1. The van der Waals surface area contributed by atoms with Crippen molar-refractivity contribution in [2.24, 2.45) is 0 Å². The highest BCUT2D eigenvalue weighted by atomic mass is 16.5. The monoisotopic (exact) mass is 518 g/mol. The summed E-state index contributed by atoms with van der Waals surface area (Å²) in [4.78, 5) is 12.4. The summed E-state index contributed by atoms with van der Waals surface area (Å²) < 4.78 is 7.19. The van der Waals surface area contributed by atoms with Gasteiger partial charge in [-0.25, -0.2) is 4.79 Å². The first-order chi connectivity index (χ1) is 18.3. The van der Waals surface area contributed by atoms with Crippen LogP contribution in [-0.4, -0.2) is 50.7 Å². The molecular formula is C30H34N2O6. The molecule has 4 aromatic rings. The Morgan fingerprint density at radius 1 is 1.05 bits per heavy atom. The number of benzene rings is 3. The molecule has 0 fully saturated rings. The van der Waals surface area contributed by atoms with Crippen molar-refractivity contribution >= 4 is 22.6 Å². The van der Waals surface area contributed by atoms with Gasteiger partial charge in [0, 0.05) is 36.3 Å². The second-order valence-electron chi connectivity index (χ2n) is 9.49. The third-order valence-electron chi connectivity index (χ3n) is 6.61. The number of aromatic hydroxyl groups is 3. The van der Waals surface area contributed by atoms with Gasteiger partial charge in [-0.05, 0) is 72.5 Å². The van der Waals surface area contributed by atoms with E-state index in [0.717, 1.165) is 47.0 Å². The molecule has 0 spiro atoms. The van der Waals surface area contributed by atoms with Crippen molar-refractivity contribution in [2.45, 2.75) is 45.3 Å². The molecule has 1 aromatic heterocycles. The van der Waals surface area contributed by atoms with Crippen LogP contribution in [-0.2, 0) is 24.1 Å². The maximum absolute atomic E-state index is 12.4. The highest BCUT2D eigenvalue weighted by Gasteiger charge is 2.18. The molecule has 8 heteroatoms. The van der Waals surface area contributed by atoms with Gasteiger partial charge in [0.1, 0.15) is 23.9 Å².